The molecule has 5 nitrogen and oxygen atoms in total. The van der Waals surface area contributed by atoms with Crippen LogP contribution in [0.4, 0.5) is 0 Å². The molecule has 16 heavy (non-hydrogen) atoms. The van der Waals surface area contributed by atoms with Crippen LogP contribution in [0.1, 0.15) is 24.2 Å². The van der Waals surface area contributed by atoms with Crippen molar-refractivity contribution in [2.45, 2.75) is 18.1 Å². The first-order valence-electron chi connectivity index (χ1n) is 4.65. The molecule has 0 spiro atoms. The minimum absolute atomic E-state index is 0.138. The normalized spacial score (nSPS) is 11.9. The number of hydrogen-bond acceptors (Lipinski definition) is 4. The number of thiophene rings is 1. The van der Waals surface area contributed by atoms with Crippen molar-refractivity contribution in [3.05, 3.63) is 17.0 Å². The molecule has 0 atom stereocenters. The van der Waals surface area contributed by atoms with E-state index >= 15 is 0 Å². The number of sulfonamides is 1. The average molecular weight is 263 g/mol. The Morgan fingerprint density at radius 1 is 1.56 bits per heavy atom. The van der Waals surface area contributed by atoms with E-state index in [0.717, 1.165) is 11.3 Å². The van der Waals surface area contributed by atoms with Crippen LogP contribution in [-0.4, -0.2) is 26.0 Å². The molecule has 1 aromatic rings. The largest absolute Gasteiger partial charge is 0.478 e. The van der Waals surface area contributed by atoms with Crippen LogP contribution in [0.3, 0.4) is 0 Å². The number of aromatic carboxylic acids is 1. The number of rotatable bonds is 5. The van der Waals surface area contributed by atoms with Gasteiger partial charge < -0.3 is 5.11 Å². The Labute approximate surface area is 98.2 Å². The smallest absolute Gasteiger partial charge is 0.337 e. The maximum atomic E-state index is 11.8. The van der Waals surface area contributed by atoms with Crippen LogP contribution in [0, 0.1) is 5.92 Å². The summed E-state index contributed by atoms with van der Waals surface area (Å²) < 4.78 is 25.8. The van der Waals surface area contributed by atoms with Gasteiger partial charge in [0.25, 0.3) is 10.0 Å². The monoisotopic (exact) mass is 263 g/mol. The third kappa shape index (κ3) is 3.03. The van der Waals surface area contributed by atoms with Gasteiger partial charge in [0, 0.05) is 6.54 Å². The van der Waals surface area contributed by atoms with Gasteiger partial charge in [-0.1, -0.05) is 13.8 Å². The summed E-state index contributed by atoms with van der Waals surface area (Å²) in [5.41, 5.74) is -0.179. The summed E-state index contributed by atoms with van der Waals surface area (Å²) in [4.78, 5) is 10.8. The van der Waals surface area contributed by atoms with Crippen LogP contribution in [0.2, 0.25) is 0 Å². The van der Waals surface area contributed by atoms with Gasteiger partial charge in [0.1, 0.15) is 4.21 Å². The van der Waals surface area contributed by atoms with Gasteiger partial charge in [0.15, 0.2) is 0 Å². The highest BCUT2D eigenvalue weighted by molar-refractivity contribution is 7.91. The lowest BCUT2D eigenvalue weighted by Crippen LogP contribution is -2.28. The summed E-state index contributed by atoms with van der Waals surface area (Å²) in [6.07, 6.45) is 0. The van der Waals surface area contributed by atoms with Gasteiger partial charge in [-0.2, -0.15) is 0 Å². The molecular formula is C9H13NO4S2. The van der Waals surface area contributed by atoms with Gasteiger partial charge in [-0.25, -0.2) is 17.9 Å². The Hall–Kier alpha value is -0.920. The van der Waals surface area contributed by atoms with E-state index in [1.807, 2.05) is 13.8 Å². The maximum absolute atomic E-state index is 11.8. The van der Waals surface area contributed by atoms with Crippen molar-refractivity contribution in [1.82, 2.24) is 4.72 Å². The van der Waals surface area contributed by atoms with Gasteiger partial charge in [0.05, 0.1) is 5.56 Å². The first kappa shape index (κ1) is 13.1. The molecule has 0 aliphatic heterocycles. The molecule has 1 heterocycles. The van der Waals surface area contributed by atoms with Crippen LogP contribution in [0.5, 0.6) is 0 Å². The lowest BCUT2D eigenvalue weighted by Gasteiger charge is -2.07. The Balaban J connectivity index is 2.99. The van der Waals surface area contributed by atoms with Crippen molar-refractivity contribution in [1.29, 1.82) is 0 Å². The minimum Gasteiger partial charge on any atom is -0.478 e. The van der Waals surface area contributed by atoms with Gasteiger partial charge >= 0.3 is 5.97 Å². The van der Waals surface area contributed by atoms with Crippen molar-refractivity contribution >= 4 is 27.3 Å². The van der Waals surface area contributed by atoms with E-state index in [1.165, 1.54) is 11.4 Å². The molecule has 0 amide bonds. The fraction of sp³-hybridized carbons (Fsp3) is 0.444. The zero-order valence-corrected chi connectivity index (χ0v) is 10.6. The molecule has 0 fully saturated rings. The number of carbonyl (C=O) groups is 1. The van der Waals surface area contributed by atoms with Crippen molar-refractivity contribution in [2.24, 2.45) is 5.92 Å². The highest BCUT2D eigenvalue weighted by Gasteiger charge is 2.23. The molecule has 2 N–H and O–H groups in total. The van der Waals surface area contributed by atoms with Crippen LogP contribution in [0.25, 0.3) is 0 Å². The van der Waals surface area contributed by atoms with E-state index in [1.54, 1.807) is 0 Å². The second-order valence-corrected chi connectivity index (χ2v) is 6.55. The highest BCUT2D eigenvalue weighted by atomic mass is 32.2. The molecular weight excluding hydrogens is 250 g/mol. The van der Waals surface area contributed by atoms with Gasteiger partial charge in [0.2, 0.25) is 0 Å². The number of carboxylic acid groups (broad SMARTS) is 1. The maximum Gasteiger partial charge on any atom is 0.337 e. The second kappa shape index (κ2) is 4.94. The first-order chi connectivity index (χ1) is 7.34. The summed E-state index contributed by atoms with van der Waals surface area (Å²) >= 11 is 0.905. The predicted octanol–water partition coefficient (Wildman–Crippen LogP) is 1.38. The van der Waals surface area contributed by atoms with Crippen molar-refractivity contribution in [3.63, 3.8) is 0 Å². The topological polar surface area (TPSA) is 83.5 Å². The fourth-order valence-corrected chi connectivity index (χ4v) is 3.59. The van der Waals surface area contributed by atoms with Crippen molar-refractivity contribution in [2.75, 3.05) is 6.54 Å². The molecule has 90 valence electrons. The number of carboxylic acids is 1. The first-order valence-corrected chi connectivity index (χ1v) is 7.01. The Bertz CT molecular complexity index is 475. The summed E-state index contributed by atoms with van der Waals surface area (Å²) in [5.74, 6) is -1.06. The summed E-state index contributed by atoms with van der Waals surface area (Å²) in [6, 6.07) is 1.29. The Morgan fingerprint density at radius 3 is 2.69 bits per heavy atom. The van der Waals surface area contributed by atoms with E-state index in [0.29, 0.717) is 6.54 Å². The fourth-order valence-electron chi connectivity index (χ4n) is 1.00. The molecule has 0 saturated heterocycles. The number of nitrogens with one attached hydrogen (secondary N) is 1. The standard InChI is InChI=1S/C9H13NO4S2/c1-6(2)5-10-16(13,14)9-7(8(11)12)3-4-15-9/h3-4,6,10H,5H2,1-2H3,(H,11,12). The van der Waals surface area contributed by atoms with Crippen molar-refractivity contribution < 1.29 is 18.3 Å². The molecule has 0 aliphatic rings. The molecule has 1 aromatic heterocycles. The summed E-state index contributed by atoms with van der Waals surface area (Å²) in [7, 11) is -3.70. The number of hydrogen-bond donors (Lipinski definition) is 2. The third-order valence-electron chi connectivity index (χ3n) is 1.79. The summed E-state index contributed by atoms with van der Waals surface area (Å²) in [6.45, 7) is 4.03. The predicted molar refractivity (Wildman–Crippen MR) is 61.3 cm³/mol. The van der Waals surface area contributed by atoms with Gasteiger partial charge in [-0.05, 0) is 17.4 Å². The van der Waals surface area contributed by atoms with Crippen LogP contribution in [-0.2, 0) is 10.0 Å². The highest BCUT2D eigenvalue weighted by Crippen LogP contribution is 2.22. The quantitative estimate of drug-likeness (QED) is 0.840. The van der Waals surface area contributed by atoms with E-state index in [9.17, 15) is 13.2 Å². The van der Waals surface area contributed by atoms with Crippen LogP contribution in [0.15, 0.2) is 15.7 Å². The van der Waals surface area contributed by atoms with Gasteiger partial charge in [-0.15, -0.1) is 11.3 Å². The lowest BCUT2D eigenvalue weighted by molar-refractivity contribution is 0.0693. The van der Waals surface area contributed by atoms with Gasteiger partial charge in [-0.3, -0.25) is 0 Å². The van der Waals surface area contributed by atoms with Crippen LogP contribution >= 0.6 is 11.3 Å². The van der Waals surface area contributed by atoms with E-state index in [4.69, 9.17) is 5.11 Å². The third-order valence-corrected chi connectivity index (χ3v) is 4.69. The Kier molecular flexibility index (Phi) is 4.06. The second-order valence-electron chi connectivity index (χ2n) is 3.67. The van der Waals surface area contributed by atoms with E-state index < -0.39 is 16.0 Å². The lowest BCUT2D eigenvalue weighted by atomic mass is 10.2. The van der Waals surface area contributed by atoms with E-state index in [-0.39, 0.29) is 15.7 Å². The Morgan fingerprint density at radius 2 is 2.19 bits per heavy atom. The molecule has 0 saturated carbocycles. The van der Waals surface area contributed by atoms with E-state index in [2.05, 4.69) is 4.72 Å². The minimum atomic E-state index is -3.70. The summed E-state index contributed by atoms with van der Waals surface area (Å²) in [5, 5.41) is 10.3. The molecule has 1 rings (SSSR count). The molecule has 0 aliphatic carbocycles. The molecule has 0 unspecified atom stereocenters. The average Bonchev–Trinajstić information content (AvgIpc) is 2.63. The molecule has 0 aromatic carbocycles. The molecule has 7 heteroatoms. The molecule has 0 radical (unpaired) electrons. The van der Waals surface area contributed by atoms with Crippen LogP contribution < -0.4 is 4.72 Å². The zero-order valence-electron chi connectivity index (χ0n) is 8.93. The molecule has 0 bridgehead atoms. The zero-order chi connectivity index (χ0) is 12.3. The SMILES string of the molecule is CC(C)CNS(=O)(=O)c1sccc1C(=O)O. The van der Waals surface area contributed by atoms with Crippen molar-refractivity contribution in [3.8, 4) is 0 Å².